The number of carbonyl (C=O) groups is 1. The lowest BCUT2D eigenvalue weighted by atomic mass is 10.1. The van der Waals surface area contributed by atoms with Crippen LogP contribution in [0.4, 0.5) is 10.1 Å². The Labute approximate surface area is 170 Å². The third kappa shape index (κ3) is 4.10. The summed E-state index contributed by atoms with van der Waals surface area (Å²) in [7, 11) is 0. The van der Waals surface area contributed by atoms with E-state index in [1.165, 1.54) is 36.4 Å². The molecule has 0 fully saturated rings. The van der Waals surface area contributed by atoms with Gasteiger partial charge >= 0.3 is 0 Å². The molecule has 148 valence electrons. The Balaban J connectivity index is 1.46. The van der Waals surface area contributed by atoms with Crippen molar-refractivity contribution in [2.45, 2.75) is 0 Å². The Morgan fingerprint density at radius 3 is 2.10 bits per heavy atom. The van der Waals surface area contributed by atoms with Crippen molar-refractivity contribution in [3.63, 3.8) is 0 Å². The first-order chi connectivity index (χ1) is 14.5. The van der Waals surface area contributed by atoms with Crippen LogP contribution in [0.2, 0.25) is 0 Å². The summed E-state index contributed by atoms with van der Waals surface area (Å²) in [5.41, 5.74) is 1.34. The van der Waals surface area contributed by atoms with E-state index in [0.29, 0.717) is 28.4 Å². The van der Waals surface area contributed by atoms with Crippen LogP contribution in [0.15, 0.2) is 87.7 Å². The maximum Gasteiger partial charge on any atom is 0.269 e. The minimum Gasteiger partial charge on any atom is -0.457 e. The molecule has 0 N–H and O–H groups in total. The normalized spacial score (nSPS) is 11.1. The summed E-state index contributed by atoms with van der Waals surface area (Å²) in [5.74, 6) is 0.876. The number of hydrogen-bond acceptors (Lipinski definition) is 5. The lowest BCUT2D eigenvalue weighted by Gasteiger charge is -1.97. The smallest absolute Gasteiger partial charge is 0.269 e. The SMILES string of the molecule is O=C(C=Cc1ccc(-c2ccc([N+](=O)[O-])cc2)o1)c1ccc(-c2ccc(F)cc2)o1. The van der Waals surface area contributed by atoms with Crippen molar-refractivity contribution in [1.29, 1.82) is 0 Å². The minimum absolute atomic E-state index is 0.00511. The van der Waals surface area contributed by atoms with Crippen LogP contribution in [0.3, 0.4) is 0 Å². The van der Waals surface area contributed by atoms with Crippen molar-refractivity contribution in [3.8, 4) is 22.6 Å². The fourth-order valence-corrected chi connectivity index (χ4v) is 2.82. The van der Waals surface area contributed by atoms with E-state index in [1.54, 1.807) is 48.5 Å². The van der Waals surface area contributed by atoms with Crippen molar-refractivity contribution in [1.82, 2.24) is 0 Å². The highest BCUT2D eigenvalue weighted by atomic mass is 19.1. The molecular weight excluding hydrogens is 389 g/mol. The van der Waals surface area contributed by atoms with E-state index >= 15 is 0 Å². The molecule has 0 aliphatic carbocycles. The third-order valence-electron chi connectivity index (χ3n) is 4.37. The molecule has 6 nitrogen and oxygen atoms in total. The molecule has 0 aliphatic heterocycles. The van der Waals surface area contributed by atoms with Crippen molar-refractivity contribution >= 4 is 17.5 Å². The Hall–Kier alpha value is -4.26. The molecule has 7 heteroatoms. The number of nitro groups is 1. The number of allylic oxidation sites excluding steroid dienone is 1. The van der Waals surface area contributed by atoms with Crippen LogP contribution in [0.5, 0.6) is 0 Å². The zero-order valence-corrected chi connectivity index (χ0v) is 15.4. The second-order valence-electron chi connectivity index (χ2n) is 6.37. The van der Waals surface area contributed by atoms with Gasteiger partial charge < -0.3 is 8.83 Å². The average molecular weight is 403 g/mol. The Morgan fingerprint density at radius 2 is 1.43 bits per heavy atom. The monoisotopic (exact) mass is 403 g/mol. The molecule has 30 heavy (non-hydrogen) atoms. The number of carbonyl (C=O) groups excluding carboxylic acids is 1. The van der Waals surface area contributed by atoms with E-state index in [-0.39, 0.29) is 23.0 Å². The summed E-state index contributed by atoms with van der Waals surface area (Å²) in [6.07, 6.45) is 2.84. The van der Waals surface area contributed by atoms with Crippen LogP contribution in [0.25, 0.3) is 28.7 Å². The maximum atomic E-state index is 13.0. The average Bonchev–Trinajstić information content (AvgIpc) is 3.43. The summed E-state index contributed by atoms with van der Waals surface area (Å²) in [4.78, 5) is 22.6. The highest BCUT2D eigenvalue weighted by molar-refractivity contribution is 6.05. The van der Waals surface area contributed by atoms with Crippen molar-refractivity contribution in [2.24, 2.45) is 0 Å². The van der Waals surface area contributed by atoms with Crippen LogP contribution < -0.4 is 0 Å². The van der Waals surface area contributed by atoms with Gasteiger partial charge in [0, 0.05) is 23.3 Å². The zero-order valence-electron chi connectivity index (χ0n) is 15.4. The summed E-state index contributed by atoms with van der Waals surface area (Å²) >= 11 is 0. The van der Waals surface area contributed by atoms with Gasteiger partial charge in [0.1, 0.15) is 23.1 Å². The first kappa shape index (κ1) is 19.1. The lowest BCUT2D eigenvalue weighted by molar-refractivity contribution is -0.384. The van der Waals surface area contributed by atoms with Gasteiger partial charge in [-0.25, -0.2) is 4.39 Å². The zero-order chi connectivity index (χ0) is 21.1. The van der Waals surface area contributed by atoms with Gasteiger partial charge in [-0.2, -0.15) is 0 Å². The lowest BCUT2D eigenvalue weighted by Crippen LogP contribution is -1.90. The number of benzene rings is 2. The van der Waals surface area contributed by atoms with Crippen LogP contribution in [-0.2, 0) is 0 Å². The molecule has 2 heterocycles. The first-order valence-corrected chi connectivity index (χ1v) is 8.92. The molecule has 0 saturated carbocycles. The quantitative estimate of drug-likeness (QED) is 0.167. The second kappa shape index (κ2) is 8.00. The third-order valence-corrected chi connectivity index (χ3v) is 4.37. The van der Waals surface area contributed by atoms with Crippen molar-refractivity contribution in [3.05, 3.63) is 106 Å². The second-order valence-corrected chi connectivity index (χ2v) is 6.37. The molecule has 4 aromatic rings. The van der Waals surface area contributed by atoms with E-state index in [4.69, 9.17) is 8.83 Å². The standard InChI is InChI=1S/C23H14FNO5/c24-17-5-1-15(2-6-17)22-13-14-23(30-22)20(26)11-9-19-10-12-21(29-19)16-3-7-18(8-4-16)25(27)28/h1-14H. The molecule has 0 saturated heterocycles. The molecule has 0 atom stereocenters. The summed E-state index contributed by atoms with van der Waals surface area (Å²) < 4.78 is 24.3. The van der Waals surface area contributed by atoms with E-state index in [1.807, 2.05) is 0 Å². The molecule has 0 bridgehead atoms. The molecule has 0 aliphatic rings. The van der Waals surface area contributed by atoms with Gasteiger partial charge in [-0.05, 0) is 72.8 Å². The van der Waals surface area contributed by atoms with E-state index in [9.17, 15) is 19.3 Å². The Kier molecular flexibility index (Phi) is 5.09. The summed E-state index contributed by atoms with van der Waals surface area (Å²) in [6.45, 7) is 0. The Bertz CT molecular complexity index is 1230. The van der Waals surface area contributed by atoms with Gasteiger partial charge in [0.25, 0.3) is 5.69 Å². The largest absolute Gasteiger partial charge is 0.457 e. The number of nitrogens with zero attached hydrogens (tertiary/aromatic N) is 1. The highest BCUT2D eigenvalue weighted by Gasteiger charge is 2.11. The topological polar surface area (TPSA) is 86.5 Å². The number of rotatable bonds is 6. The van der Waals surface area contributed by atoms with Gasteiger partial charge in [-0.15, -0.1) is 0 Å². The van der Waals surface area contributed by atoms with Gasteiger partial charge in [0.15, 0.2) is 5.76 Å². The number of hydrogen-bond donors (Lipinski definition) is 0. The number of furan rings is 2. The molecule has 0 amide bonds. The van der Waals surface area contributed by atoms with Crippen LogP contribution in [0, 0.1) is 15.9 Å². The fraction of sp³-hybridized carbons (Fsp3) is 0. The summed E-state index contributed by atoms with van der Waals surface area (Å²) in [5, 5.41) is 10.7. The van der Waals surface area contributed by atoms with Crippen molar-refractivity contribution < 1.29 is 22.9 Å². The number of halogens is 1. The van der Waals surface area contributed by atoms with Gasteiger partial charge in [0.2, 0.25) is 5.78 Å². The van der Waals surface area contributed by atoms with E-state index in [0.717, 1.165) is 0 Å². The molecule has 2 aromatic carbocycles. The highest BCUT2D eigenvalue weighted by Crippen LogP contribution is 2.26. The van der Waals surface area contributed by atoms with Crippen molar-refractivity contribution in [2.75, 3.05) is 0 Å². The molecule has 2 aromatic heterocycles. The van der Waals surface area contributed by atoms with Gasteiger partial charge in [-0.1, -0.05) is 0 Å². The van der Waals surface area contributed by atoms with Crippen LogP contribution in [-0.4, -0.2) is 10.7 Å². The predicted molar refractivity (Wildman–Crippen MR) is 108 cm³/mol. The van der Waals surface area contributed by atoms with Gasteiger partial charge in [0.05, 0.1) is 4.92 Å². The maximum absolute atomic E-state index is 13.0. The van der Waals surface area contributed by atoms with E-state index < -0.39 is 4.92 Å². The first-order valence-electron chi connectivity index (χ1n) is 8.92. The number of non-ortho nitro benzene ring substituents is 1. The molecular formula is C23H14FNO5. The fourth-order valence-electron chi connectivity index (χ4n) is 2.82. The molecule has 4 rings (SSSR count). The minimum atomic E-state index is -0.470. The Morgan fingerprint density at radius 1 is 0.833 bits per heavy atom. The number of ketones is 1. The van der Waals surface area contributed by atoms with Crippen LogP contribution >= 0.6 is 0 Å². The molecule has 0 radical (unpaired) electrons. The van der Waals surface area contributed by atoms with Gasteiger partial charge in [-0.3, -0.25) is 14.9 Å². The molecule has 0 unspecified atom stereocenters. The number of nitro benzene ring substituents is 1. The van der Waals surface area contributed by atoms with E-state index in [2.05, 4.69) is 0 Å². The predicted octanol–water partition coefficient (Wildman–Crippen LogP) is 6.15. The summed E-state index contributed by atoms with van der Waals surface area (Å²) in [6, 6.07) is 18.4. The van der Waals surface area contributed by atoms with Crippen LogP contribution in [0.1, 0.15) is 16.3 Å². The molecule has 0 spiro atoms.